The molecule has 0 amide bonds. The van der Waals surface area contributed by atoms with Crippen LogP contribution in [0, 0.1) is 26.6 Å². The van der Waals surface area contributed by atoms with Gasteiger partial charge in [-0.05, 0) is 45.4 Å². The third-order valence-corrected chi connectivity index (χ3v) is 3.13. The lowest BCUT2D eigenvalue weighted by atomic mass is 10.1. The fraction of sp³-hybridized carbons (Fsp3) is 0.333. The van der Waals surface area contributed by atoms with Crippen molar-refractivity contribution < 1.29 is 8.81 Å². The van der Waals surface area contributed by atoms with E-state index >= 15 is 0 Å². The maximum atomic E-state index is 13.7. The topological polar surface area (TPSA) is 25.2 Å². The Kier molecular flexibility index (Phi) is 3.41. The van der Waals surface area contributed by atoms with Crippen LogP contribution < -0.4 is 5.32 Å². The highest BCUT2D eigenvalue weighted by molar-refractivity contribution is 5.53. The second kappa shape index (κ2) is 4.84. The molecule has 0 aliphatic carbocycles. The number of nitrogens with one attached hydrogen (secondary N) is 1. The van der Waals surface area contributed by atoms with E-state index < -0.39 is 0 Å². The van der Waals surface area contributed by atoms with Gasteiger partial charge in [0, 0.05) is 5.56 Å². The van der Waals surface area contributed by atoms with E-state index in [0.717, 1.165) is 22.6 Å². The lowest BCUT2D eigenvalue weighted by Gasteiger charge is -2.17. The zero-order valence-corrected chi connectivity index (χ0v) is 11.2. The van der Waals surface area contributed by atoms with Gasteiger partial charge in [0.1, 0.15) is 17.3 Å². The number of anilines is 1. The van der Waals surface area contributed by atoms with Crippen LogP contribution in [0.15, 0.2) is 28.7 Å². The minimum Gasteiger partial charge on any atom is -0.466 e. The van der Waals surface area contributed by atoms with E-state index in [1.54, 1.807) is 6.07 Å². The molecule has 0 bridgehead atoms. The number of hydrogen-bond acceptors (Lipinski definition) is 2. The van der Waals surface area contributed by atoms with Crippen LogP contribution in [0.4, 0.5) is 10.1 Å². The highest BCUT2D eigenvalue weighted by atomic mass is 19.1. The zero-order chi connectivity index (χ0) is 13.3. The fourth-order valence-electron chi connectivity index (χ4n) is 2.19. The van der Waals surface area contributed by atoms with Crippen LogP contribution >= 0.6 is 0 Å². The summed E-state index contributed by atoms with van der Waals surface area (Å²) in [6.07, 6.45) is 0. The molecule has 0 aliphatic heterocycles. The van der Waals surface area contributed by atoms with Crippen molar-refractivity contribution in [1.29, 1.82) is 0 Å². The first-order chi connectivity index (χ1) is 8.49. The highest BCUT2D eigenvalue weighted by Crippen LogP contribution is 2.27. The van der Waals surface area contributed by atoms with Crippen molar-refractivity contribution in [3.8, 4) is 0 Å². The Morgan fingerprint density at radius 1 is 1.22 bits per heavy atom. The summed E-state index contributed by atoms with van der Waals surface area (Å²) < 4.78 is 19.2. The second-order valence-corrected chi connectivity index (χ2v) is 4.67. The predicted octanol–water partition coefficient (Wildman–Crippen LogP) is 4.52. The van der Waals surface area contributed by atoms with Crippen LogP contribution in [0.1, 0.15) is 35.6 Å². The Morgan fingerprint density at radius 2 is 1.94 bits per heavy atom. The molecule has 0 saturated heterocycles. The predicted molar refractivity (Wildman–Crippen MR) is 71.4 cm³/mol. The molecule has 2 rings (SSSR count). The van der Waals surface area contributed by atoms with Gasteiger partial charge in [-0.15, -0.1) is 0 Å². The van der Waals surface area contributed by atoms with Gasteiger partial charge in [0.25, 0.3) is 0 Å². The van der Waals surface area contributed by atoms with E-state index in [0.29, 0.717) is 5.69 Å². The molecule has 0 aliphatic rings. The number of furan rings is 1. The van der Waals surface area contributed by atoms with E-state index in [2.05, 4.69) is 5.32 Å². The summed E-state index contributed by atoms with van der Waals surface area (Å²) in [5.74, 6) is 1.53. The minimum atomic E-state index is -0.222. The second-order valence-electron chi connectivity index (χ2n) is 4.67. The van der Waals surface area contributed by atoms with Crippen LogP contribution in [0.25, 0.3) is 0 Å². The average Bonchev–Trinajstić information content (AvgIpc) is 2.63. The van der Waals surface area contributed by atoms with Crippen molar-refractivity contribution in [2.24, 2.45) is 0 Å². The van der Waals surface area contributed by atoms with Gasteiger partial charge < -0.3 is 9.73 Å². The lowest BCUT2D eigenvalue weighted by molar-refractivity contribution is 0.499. The smallest absolute Gasteiger partial charge is 0.146 e. The summed E-state index contributed by atoms with van der Waals surface area (Å²) in [5, 5.41) is 3.21. The molecule has 1 heterocycles. The molecule has 3 heteroatoms. The summed E-state index contributed by atoms with van der Waals surface area (Å²) >= 11 is 0. The number of aryl methyl sites for hydroxylation is 3. The van der Waals surface area contributed by atoms with Crippen molar-refractivity contribution in [3.05, 3.63) is 52.7 Å². The lowest BCUT2D eigenvalue weighted by Crippen LogP contribution is -2.09. The van der Waals surface area contributed by atoms with Gasteiger partial charge in [0.05, 0.1) is 11.7 Å². The van der Waals surface area contributed by atoms with Gasteiger partial charge >= 0.3 is 0 Å². The molecule has 18 heavy (non-hydrogen) atoms. The van der Waals surface area contributed by atoms with Crippen LogP contribution in [-0.4, -0.2) is 0 Å². The van der Waals surface area contributed by atoms with Gasteiger partial charge in [-0.25, -0.2) is 4.39 Å². The van der Waals surface area contributed by atoms with Crippen molar-refractivity contribution >= 4 is 5.69 Å². The molecule has 96 valence electrons. The molecule has 1 N–H and O–H groups in total. The first-order valence-corrected chi connectivity index (χ1v) is 6.07. The van der Waals surface area contributed by atoms with E-state index in [1.807, 2.05) is 39.8 Å². The quantitative estimate of drug-likeness (QED) is 0.862. The van der Waals surface area contributed by atoms with Crippen molar-refractivity contribution in [3.63, 3.8) is 0 Å². The van der Waals surface area contributed by atoms with Gasteiger partial charge in [0.2, 0.25) is 0 Å². The first-order valence-electron chi connectivity index (χ1n) is 6.07. The molecule has 1 atom stereocenters. The number of para-hydroxylation sites is 1. The Bertz CT molecular complexity index is 539. The molecular formula is C15H18FNO. The van der Waals surface area contributed by atoms with Crippen LogP contribution in [-0.2, 0) is 0 Å². The summed E-state index contributed by atoms with van der Waals surface area (Å²) in [6.45, 7) is 7.74. The average molecular weight is 247 g/mol. The molecule has 2 aromatic rings. The Hall–Kier alpha value is -1.77. The van der Waals surface area contributed by atoms with Crippen molar-refractivity contribution in [2.45, 2.75) is 33.7 Å². The molecule has 2 nitrogen and oxygen atoms in total. The molecule has 0 saturated carbocycles. The van der Waals surface area contributed by atoms with Gasteiger partial charge in [0.15, 0.2) is 0 Å². The molecule has 0 spiro atoms. The van der Waals surface area contributed by atoms with Gasteiger partial charge in [-0.3, -0.25) is 0 Å². The molecule has 0 radical (unpaired) electrons. The van der Waals surface area contributed by atoms with Crippen LogP contribution in [0.3, 0.4) is 0 Å². The maximum absolute atomic E-state index is 13.7. The van der Waals surface area contributed by atoms with Crippen molar-refractivity contribution in [1.82, 2.24) is 0 Å². The van der Waals surface area contributed by atoms with Gasteiger partial charge in [-0.2, -0.15) is 0 Å². The normalized spacial score (nSPS) is 12.5. The van der Waals surface area contributed by atoms with Crippen LogP contribution in [0.5, 0.6) is 0 Å². The monoisotopic (exact) mass is 247 g/mol. The number of rotatable bonds is 3. The van der Waals surface area contributed by atoms with Gasteiger partial charge in [-0.1, -0.05) is 12.1 Å². The fourth-order valence-corrected chi connectivity index (χ4v) is 2.19. The largest absolute Gasteiger partial charge is 0.466 e. The maximum Gasteiger partial charge on any atom is 0.146 e. The SMILES string of the molecule is Cc1cc(C(C)Nc2c(C)cccc2F)c(C)o1. The molecule has 1 aromatic heterocycles. The minimum absolute atomic E-state index is 0.0121. The standard InChI is InChI=1S/C15H18FNO/c1-9-6-5-7-14(16)15(9)17-11(3)13-8-10(2)18-12(13)4/h5-8,11,17H,1-4H3. The number of hydrogen-bond donors (Lipinski definition) is 1. The Morgan fingerprint density at radius 3 is 2.50 bits per heavy atom. The molecule has 0 fully saturated rings. The van der Waals surface area contributed by atoms with E-state index in [4.69, 9.17) is 4.42 Å². The van der Waals surface area contributed by atoms with E-state index in [-0.39, 0.29) is 11.9 Å². The summed E-state index contributed by atoms with van der Waals surface area (Å²) in [6, 6.07) is 7.08. The third kappa shape index (κ3) is 2.40. The zero-order valence-electron chi connectivity index (χ0n) is 11.2. The van der Waals surface area contributed by atoms with Crippen LogP contribution in [0.2, 0.25) is 0 Å². The molecule has 1 aromatic carbocycles. The number of benzene rings is 1. The number of halogens is 1. The highest BCUT2D eigenvalue weighted by Gasteiger charge is 2.15. The van der Waals surface area contributed by atoms with Crippen molar-refractivity contribution in [2.75, 3.05) is 5.32 Å². The first kappa shape index (κ1) is 12.7. The summed E-state index contributed by atoms with van der Waals surface area (Å²) in [7, 11) is 0. The summed E-state index contributed by atoms with van der Waals surface area (Å²) in [5.41, 5.74) is 2.53. The molecular weight excluding hydrogens is 229 g/mol. The third-order valence-electron chi connectivity index (χ3n) is 3.13. The molecule has 1 unspecified atom stereocenters. The van der Waals surface area contributed by atoms with E-state index in [9.17, 15) is 4.39 Å². The van der Waals surface area contributed by atoms with E-state index in [1.165, 1.54) is 6.07 Å². The Balaban J connectivity index is 2.26. The Labute approximate surface area is 107 Å². The summed E-state index contributed by atoms with van der Waals surface area (Å²) in [4.78, 5) is 0.